The molecule has 3 aromatic rings. The molecule has 0 fully saturated rings. The van der Waals surface area contributed by atoms with Gasteiger partial charge in [0.1, 0.15) is 24.2 Å². The lowest BCUT2D eigenvalue weighted by Crippen LogP contribution is -2.52. The number of benzene rings is 2. The molecule has 0 saturated carbocycles. The highest BCUT2D eigenvalue weighted by atomic mass is 19.1. The van der Waals surface area contributed by atoms with E-state index in [1.54, 1.807) is 24.5 Å². The molecule has 2 aromatic carbocycles. The van der Waals surface area contributed by atoms with E-state index in [0.29, 0.717) is 31.3 Å². The fraction of sp³-hybridized carbons (Fsp3) is 0.412. The largest absolute Gasteiger partial charge is 0.492 e. The van der Waals surface area contributed by atoms with Gasteiger partial charge in [-0.1, -0.05) is 57.2 Å². The summed E-state index contributed by atoms with van der Waals surface area (Å²) in [4.78, 5) is 33.5. The maximum Gasteiger partial charge on any atom is 0.244 e. The molecule has 244 valence electrons. The van der Waals surface area contributed by atoms with Crippen LogP contribution in [0.15, 0.2) is 79.3 Å². The first-order valence-corrected chi connectivity index (χ1v) is 15.4. The smallest absolute Gasteiger partial charge is 0.244 e. The van der Waals surface area contributed by atoms with Crippen LogP contribution < -0.4 is 31.3 Å². The van der Waals surface area contributed by atoms with Gasteiger partial charge in [0, 0.05) is 43.8 Å². The minimum absolute atomic E-state index is 0.00435. The van der Waals surface area contributed by atoms with Crippen molar-refractivity contribution in [2.24, 2.45) is 0 Å². The molecule has 0 aliphatic carbocycles. The van der Waals surface area contributed by atoms with Crippen LogP contribution in [0.5, 0.6) is 5.75 Å². The highest BCUT2D eigenvalue weighted by Crippen LogP contribution is 2.19. The molecule has 2 heterocycles. The lowest BCUT2D eigenvalue weighted by Gasteiger charge is -2.21. The Morgan fingerprint density at radius 3 is 2.44 bits per heavy atom. The van der Waals surface area contributed by atoms with E-state index in [2.05, 4.69) is 57.0 Å². The summed E-state index contributed by atoms with van der Waals surface area (Å²) >= 11 is 0. The number of aromatic nitrogens is 2. The highest BCUT2D eigenvalue weighted by Gasteiger charge is 2.21. The number of anilines is 1. The summed E-state index contributed by atoms with van der Waals surface area (Å²) in [6.07, 6.45) is 5.94. The minimum Gasteiger partial charge on any atom is -0.492 e. The zero-order valence-electron chi connectivity index (χ0n) is 26.9. The summed E-state index contributed by atoms with van der Waals surface area (Å²) in [5.74, 6) is 0.468. The van der Waals surface area contributed by atoms with Crippen LogP contribution in [0.1, 0.15) is 44.7 Å². The van der Waals surface area contributed by atoms with Crippen molar-refractivity contribution in [3.05, 3.63) is 96.2 Å². The van der Waals surface area contributed by atoms with Gasteiger partial charge in [-0.3, -0.25) is 9.59 Å². The van der Waals surface area contributed by atoms with Crippen molar-refractivity contribution in [3.63, 3.8) is 0 Å². The van der Waals surface area contributed by atoms with Crippen LogP contribution in [0, 0.1) is 12.7 Å². The third-order valence-corrected chi connectivity index (χ3v) is 6.21. The standard InChI is InChI=1S/C24H33N7O3.C7H7F.C3H8/c1-17-13-28-18(2)16-34-21-9-4-3-7-19(21)8-5-10-25-23(33)20(31-22(32)15-29-17)14-30-24-26-11-6-12-27-24;1-6-3-2-4-7(8)5-6;1-3-2/h3-4,6-7,9,11-12,18,20,28-29H,1,5,8,10,13-16H2,2H3,(H,25,33)(H,31,32)(H,26,27,30);2-5H,1H3;3H2,1-2H3/t18-,20?;;/m0../s1. The number of para-hydroxylation sites is 1. The van der Waals surface area contributed by atoms with Crippen molar-refractivity contribution in [1.82, 2.24) is 31.2 Å². The Hall–Kier alpha value is -4.51. The molecule has 10 nitrogen and oxygen atoms in total. The van der Waals surface area contributed by atoms with Gasteiger partial charge in [0.25, 0.3) is 0 Å². The van der Waals surface area contributed by atoms with Crippen molar-refractivity contribution < 1.29 is 18.7 Å². The third-order valence-electron chi connectivity index (χ3n) is 6.21. The average molecular weight is 622 g/mol. The Balaban J connectivity index is 0.000000542. The van der Waals surface area contributed by atoms with E-state index in [1.807, 2.05) is 44.2 Å². The van der Waals surface area contributed by atoms with E-state index >= 15 is 0 Å². The highest BCUT2D eigenvalue weighted by molar-refractivity contribution is 5.88. The first kappa shape index (κ1) is 36.7. The summed E-state index contributed by atoms with van der Waals surface area (Å²) in [6, 6.07) is 15.4. The number of fused-ring (bicyclic) bond motifs is 1. The Bertz CT molecular complexity index is 1290. The van der Waals surface area contributed by atoms with Gasteiger partial charge in [0.15, 0.2) is 0 Å². The van der Waals surface area contributed by atoms with Gasteiger partial charge in [0.05, 0.1) is 6.54 Å². The Morgan fingerprint density at radius 1 is 1.02 bits per heavy atom. The number of carbonyl (C=O) groups excluding carboxylic acids is 2. The number of hydrogen-bond acceptors (Lipinski definition) is 8. The fourth-order valence-corrected chi connectivity index (χ4v) is 3.95. The van der Waals surface area contributed by atoms with Crippen molar-refractivity contribution in [3.8, 4) is 5.75 Å². The monoisotopic (exact) mass is 621 g/mol. The Kier molecular flexibility index (Phi) is 17.3. The van der Waals surface area contributed by atoms with E-state index in [0.717, 1.165) is 29.7 Å². The molecule has 2 atom stereocenters. The van der Waals surface area contributed by atoms with Gasteiger partial charge in [-0.2, -0.15) is 0 Å². The molecule has 1 aliphatic heterocycles. The summed E-state index contributed by atoms with van der Waals surface area (Å²) < 4.78 is 18.2. The molecule has 0 saturated heterocycles. The van der Waals surface area contributed by atoms with Gasteiger partial charge in [-0.25, -0.2) is 14.4 Å². The topological polar surface area (TPSA) is 129 Å². The number of rotatable bonds is 3. The van der Waals surface area contributed by atoms with Crippen LogP contribution in [-0.2, 0) is 16.0 Å². The van der Waals surface area contributed by atoms with Crippen LogP contribution in [0.3, 0.4) is 0 Å². The van der Waals surface area contributed by atoms with Crippen LogP contribution in [0.25, 0.3) is 0 Å². The number of ether oxygens (including phenoxy) is 1. The Morgan fingerprint density at radius 2 is 1.76 bits per heavy atom. The van der Waals surface area contributed by atoms with Crippen LogP contribution in [0.4, 0.5) is 10.3 Å². The van der Waals surface area contributed by atoms with Crippen molar-refractivity contribution >= 4 is 17.8 Å². The molecule has 0 bridgehead atoms. The van der Waals surface area contributed by atoms with Crippen LogP contribution in [0.2, 0.25) is 0 Å². The van der Waals surface area contributed by atoms with E-state index in [9.17, 15) is 14.0 Å². The number of nitrogens with zero attached hydrogens (tertiary/aromatic N) is 2. The fourth-order valence-electron chi connectivity index (χ4n) is 3.95. The van der Waals surface area contributed by atoms with E-state index in [-0.39, 0.29) is 36.8 Å². The number of amides is 2. The number of nitrogens with one attached hydrogen (secondary N) is 5. The van der Waals surface area contributed by atoms with Crippen LogP contribution in [-0.4, -0.2) is 66.7 Å². The normalized spacial score (nSPS) is 17.8. The van der Waals surface area contributed by atoms with Gasteiger partial charge in [0.2, 0.25) is 17.8 Å². The number of hydrogen-bond donors (Lipinski definition) is 5. The molecule has 2 amide bonds. The maximum absolute atomic E-state index is 12.8. The quantitative estimate of drug-likeness (QED) is 0.295. The molecule has 5 N–H and O–H groups in total. The van der Waals surface area contributed by atoms with Crippen molar-refractivity contribution in [2.45, 2.75) is 59.0 Å². The maximum atomic E-state index is 12.8. The number of carbonyl (C=O) groups is 2. The Labute approximate surface area is 266 Å². The zero-order chi connectivity index (χ0) is 32.9. The molecule has 0 radical (unpaired) electrons. The number of aryl methyl sites for hydroxylation is 2. The van der Waals surface area contributed by atoms with Crippen molar-refractivity contribution in [2.75, 3.05) is 38.1 Å². The third kappa shape index (κ3) is 15.7. The summed E-state index contributed by atoms with van der Waals surface area (Å²) in [5.41, 5.74) is 2.72. The molecule has 11 heteroatoms. The molecule has 0 spiro atoms. The summed E-state index contributed by atoms with van der Waals surface area (Å²) in [7, 11) is 0. The van der Waals surface area contributed by atoms with Crippen LogP contribution >= 0.6 is 0 Å². The summed E-state index contributed by atoms with van der Waals surface area (Å²) in [5, 5.41) is 15.0. The zero-order valence-corrected chi connectivity index (χ0v) is 26.9. The first-order valence-electron chi connectivity index (χ1n) is 15.4. The predicted octanol–water partition coefficient (Wildman–Crippen LogP) is 4.15. The van der Waals surface area contributed by atoms with Crippen molar-refractivity contribution in [1.29, 1.82) is 0 Å². The second-order valence-electron chi connectivity index (χ2n) is 10.6. The second-order valence-corrected chi connectivity index (χ2v) is 10.6. The molecule has 4 rings (SSSR count). The predicted molar refractivity (Wildman–Crippen MR) is 177 cm³/mol. The van der Waals surface area contributed by atoms with Gasteiger partial charge < -0.3 is 31.3 Å². The van der Waals surface area contributed by atoms with Gasteiger partial charge in [-0.15, -0.1) is 0 Å². The molecule has 1 unspecified atom stereocenters. The van der Waals surface area contributed by atoms with Gasteiger partial charge in [-0.05, 0) is 62.1 Å². The molecular weight excluding hydrogens is 573 g/mol. The SMILES string of the molecule is C=C1CN[C@@H](C)COc2ccccc2CCCNC(=O)C(CNc2ncccn2)NC(=O)CN1.CCC.Cc1cccc(F)c1. The minimum atomic E-state index is -0.793. The molecule has 1 aliphatic rings. The molecule has 1 aromatic heterocycles. The average Bonchev–Trinajstić information content (AvgIpc) is 3.03. The number of halogens is 1. The molecular formula is C34H48FN7O3. The second kappa shape index (κ2) is 21.2. The lowest BCUT2D eigenvalue weighted by atomic mass is 10.1. The van der Waals surface area contributed by atoms with E-state index in [4.69, 9.17) is 4.74 Å². The summed E-state index contributed by atoms with van der Waals surface area (Å²) in [6.45, 7) is 13.7. The van der Waals surface area contributed by atoms with E-state index < -0.39 is 6.04 Å². The molecule has 45 heavy (non-hydrogen) atoms. The van der Waals surface area contributed by atoms with E-state index in [1.165, 1.54) is 18.6 Å². The lowest BCUT2D eigenvalue weighted by molar-refractivity contribution is -0.128. The first-order chi connectivity index (χ1) is 21.7. The van der Waals surface area contributed by atoms with Gasteiger partial charge >= 0.3 is 0 Å².